The summed E-state index contributed by atoms with van der Waals surface area (Å²) in [6.45, 7) is 1.73. The Balaban J connectivity index is 1.82. The number of piperidine rings is 1. The van der Waals surface area contributed by atoms with E-state index in [1.807, 2.05) is 4.90 Å². The molecule has 0 aromatic heterocycles. The number of halogens is 2. The van der Waals surface area contributed by atoms with Gasteiger partial charge in [0.25, 0.3) is 5.91 Å². The van der Waals surface area contributed by atoms with E-state index in [4.69, 9.17) is 27.9 Å². The van der Waals surface area contributed by atoms with Gasteiger partial charge < -0.3 is 15.0 Å². The van der Waals surface area contributed by atoms with Gasteiger partial charge in [-0.2, -0.15) is 0 Å². The predicted molar refractivity (Wildman–Crippen MR) is 90.0 cm³/mol. The van der Waals surface area contributed by atoms with Crippen LogP contribution in [0, 0.1) is 0 Å². The average Bonchev–Trinajstić information content (AvgIpc) is 2.55. The van der Waals surface area contributed by atoms with E-state index in [2.05, 4.69) is 5.32 Å². The van der Waals surface area contributed by atoms with Gasteiger partial charge in [-0.05, 0) is 31.0 Å². The second-order valence-electron chi connectivity index (χ2n) is 5.50. The zero-order chi connectivity index (χ0) is 16.8. The maximum atomic E-state index is 12.2. The Labute approximate surface area is 145 Å². The SMILES string of the molecule is COCCC(=O)N1CCC(NC(=O)c2ccc(Cl)c(Cl)c2)CC1. The van der Waals surface area contributed by atoms with Gasteiger partial charge in [-0.15, -0.1) is 0 Å². The molecule has 0 bridgehead atoms. The summed E-state index contributed by atoms with van der Waals surface area (Å²) < 4.78 is 4.92. The lowest BCUT2D eigenvalue weighted by Gasteiger charge is -2.32. The minimum Gasteiger partial charge on any atom is -0.384 e. The smallest absolute Gasteiger partial charge is 0.251 e. The third kappa shape index (κ3) is 5.09. The molecule has 5 nitrogen and oxygen atoms in total. The number of benzene rings is 1. The van der Waals surface area contributed by atoms with Gasteiger partial charge in [0.1, 0.15) is 0 Å². The zero-order valence-corrected chi connectivity index (χ0v) is 14.5. The van der Waals surface area contributed by atoms with Crippen LogP contribution in [0.1, 0.15) is 29.6 Å². The minimum absolute atomic E-state index is 0.0587. The largest absolute Gasteiger partial charge is 0.384 e. The van der Waals surface area contributed by atoms with E-state index < -0.39 is 0 Å². The number of hydrogen-bond donors (Lipinski definition) is 1. The number of ether oxygens (including phenoxy) is 1. The summed E-state index contributed by atoms with van der Waals surface area (Å²) in [7, 11) is 1.58. The monoisotopic (exact) mass is 358 g/mol. The van der Waals surface area contributed by atoms with Crippen LogP contribution < -0.4 is 5.32 Å². The molecular weight excluding hydrogens is 339 g/mol. The molecule has 1 heterocycles. The van der Waals surface area contributed by atoms with Crippen molar-refractivity contribution in [2.75, 3.05) is 26.8 Å². The first-order valence-corrected chi connectivity index (χ1v) is 8.29. The van der Waals surface area contributed by atoms with Crippen molar-refractivity contribution in [2.24, 2.45) is 0 Å². The molecule has 23 heavy (non-hydrogen) atoms. The molecule has 1 aromatic rings. The summed E-state index contributed by atoms with van der Waals surface area (Å²) in [6.07, 6.45) is 1.88. The second kappa shape index (κ2) is 8.52. The highest BCUT2D eigenvalue weighted by Crippen LogP contribution is 2.22. The molecule has 126 valence electrons. The summed E-state index contributed by atoms with van der Waals surface area (Å²) in [4.78, 5) is 26.0. The van der Waals surface area contributed by atoms with Crippen molar-refractivity contribution in [3.8, 4) is 0 Å². The molecule has 0 unspecified atom stereocenters. The fraction of sp³-hybridized carbons (Fsp3) is 0.500. The Morgan fingerprint density at radius 2 is 1.96 bits per heavy atom. The van der Waals surface area contributed by atoms with Crippen molar-refractivity contribution in [3.63, 3.8) is 0 Å². The third-order valence-corrected chi connectivity index (χ3v) is 4.62. The van der Waals surface area contributed by atoms with Gasteiger partial charge in [0.2, 0.25) is 5.91 Å². The highest BCUT2D eigenvalue weighted by Gasteiger charge is 2.24. The number of amides is 2. The molecule has 0 saturated carbocycles. The first kappa shape index (κ1) is 18.0. The number of carbonyl (C=O) groups is 2. The molecule has 1 aliphatic rings. The third-order valence-electron chi connectivity index (χ3n) is 3.88. The van der Waals surface area contributed by atoms with Crippen molar-refractivity contribution in [2.45, 2.75) is 25.3 Å². The van der Waals surface area contributed by atoms with Crippen LogP contribution in [0.25, 0.3) is 0 Å². The quantitative estimate of drug-likeness (QED) is 0.880. The van der Waals surface area contributed by atoms with E-state index in [1.165, 1.54) is 0 Å². The van der Waals surface area contributed by atoms with Gasteiger partial charge >= 0.3 is 0 Å². The number of carbonyl (C=O) groups excluding carboxylic acids is 2. The van der Waals surface area contributed by atoms with Crippen LogP contribution in [0.15, 0.2) is 18.2 Å². The summed E-state index contributed by atoms with van der Waals surface area (Å²) in [5, 5.41) is 3.76. The number of rotatable bonds is 5. The van der Waals surface area contributed by atoms with Gasteiger partial charge in [0.05, 0.1) is 23.1 Å². The molecule has 2 amide bonds. The topological polar surface area (TPSA) is 58.6 Å². The lowest BCUT2D eigenvalue weighted by molar-refractivity contribution is -0.133. The number of methoxy groups -OCH3 is 1. The van der Waals surface area contributed by atoms with Crippen molar-refractivity contribution >= 4 is 35.0 Å². The summed E-state index contributed by atoms with van der Waals surface area (Å²) >= 11 is 11.8. The van der Waals surface area contributed by atoms with E-state index in [0.29, 0.717) is 41.7 Å². The number of likely N-dealkylation sites (tertiary alicyclic amines) is 1. The zero-order valence-electron chi connectivity index (χ0n) is 13.0. The molecule has 1 saturated heterocycles. The van der Waals surface area contributed by atoms with Gasteiger partial charge in [-0.1, -0.05) is 23.2 Å². The van der Waals surface area contributed by atoms with Crippen LogP contribution in [0.5, 0.6) is 0 Å². The van der Waals surface area contributed by atoms with E-state index in [1.54, 1.807) is 25.3 Å². The van der Waals surface area contributed by atoms with Crippen LogP contribution in [-0.4, -0.2) is 49.6 Å². The highest BCUT2D eigenvalue weighted by atomic mass is 35.5. The first-order chi connectivity index (χ1) is 11.0. The van der Waals surface area contributed by atoms with Crippen LogP contribution in [0.2, 0.25) is 10.0 Å². The molecule has 2 rings (SSSR count). The van der Waals surface area contributed by atoms with Gasteiger partial charge in [0.15, 0.2) is 0 Å². The fourth-order valence-electron chi connectivity index (χ4n) is 2.53. The summed E-state index contributed by atoms with van der Waals surface area (Å²) in [5.74, 6) is -0.0752. The maximum absolute atomic E-state index is 12.2. The van der Waals surface area contributed by atoms with Gasteiger partial charge in [-0.3, -0.25) is 9.59 Å². The highest BCUT2D eigenvalue weighted by molar-refractivity contribution is 6.42. The van der Waals surface area contributed by atoms with Gasteiger partial charge in [0, 0.05) is 31.8 Å². The Hall–Kier alpha value is -1.30. The molecule has 0 radical (unpaired) electrons. The molecule has 0 atom stereocenters. The summed E-state index contributed by atoms with van der Waals surface area (Å²) in [5.41, 5.74) is 0.484. The lowest BCUT2D eigenvalue weighted by atomic mass is 10.0. The molecule has 1 aliphatic heterocycles. The standard InChI is InChI=1S/C16H20Cl2N2O3/c1-23-9-6-15(21)20-7-4-12(5-8-20)19-16(22)11-2-3-13(17)14(18)10-11/h2-3,10,12H,4-9H2,1H3,(H,19,22). The Kier molecular flexibility index (Phi) is 6.69. The lowest BCUT2D eigenvalue weighted by Crippen LogP contribution is -2.46. The Morgan fingerprint density at radius 1 is 1.26 bits per heavy atom. The van der Waals surface area contributed by atoms with Crippen LogP contribution in [0.4, 0.5) is 0 Å². The second-order valence-corrected chi connectivity index (χ2v) is 6.31. The summed E-state index contributed by atoms with van der Waals surface area (Å²) in [6, 6.07) is 4.87. The van der Waals surface area contributed by atoms with Crippen molar-refractivity contribution in [3.05, 3.63) is 33.8 Å². The fourth-order valence-corrected chi connectivity index (χ4v) is 2.82. The van der Waals surface area contributed by atoms with E-state index in [0.717, 1.165) is 12.8 Å². The van der Waals surface area contributed by atoms with E-state index in [9.17, 15) is 9.59 Å². The molecule has 0 aliphatic carbocycles. The van der Waals surface area contributed by atoms with Crippen molar-refractivity contribution in [1.82, 2.24) is 10.2 Å². The molecule has 0 spiro atoms. The van der Waals surface area contributed by atoms with Crippen LogP contribution >= 0.6 is 23.2 Å². The molecule has 1 fully saturated rings. The molecule has 1 N–H and O–H groups in total. The van der Waals surface area contributed by atoms with E-state index in [-0.39, 0.29) is 17.9 Å². The minimum atomic E-state index is -0.173. The molecule has 7 heteroatoms. The molecule has 1 aromatic carbocycles. The Bertz CT molecular complexity index is 572. The predicted octanol–water partition coefficient (Wildman–Crippen LogP) is 2.75. The normalized spacial score (nSPS) is 15.5. The number of hydrogen-bond acceptors (Lipinski definition) is 3. The number of nitrogens with zero attached hydrogens (tertiary/aromatic N) is 1. The van der Waals surface area contributed by atoms with Gasteiger partial charge in [-0.25, -0.2) is 0 Å². The molecular formula is C16H20Cl2N2O3. The van der Waals surface area contributed by atoms with Crippen LogP contribution in [0.3, 0.4) is 0 Å². The van der Waals surface area contributed by atoms with Crippen molar-refractivity contribution in [1.29, 1.82) is 0 Å². The van der Waals surface area contributed by atoms with Crippen molar-refractivity contribution < 1.29 is 14.3 Å². The first-order valence-electron chi connectivity index (χ1n) is 7.54. The average molecular weight is 359 g/mol. The maximum Gasteiger partial charge on any atom is 0.251 e. The Morgan fingerprint density at radius 3 is 2.57 bits per heavy atom. The number of nitrogens with one attached hydrogen (secondary N) is 1. The van der Waals surface area contributed by atoms with Crippen LogP contribution in [-0.2, 0) is 9.53 Å². The van der Waals surface area contributed by atoms with E-state index >= 15 is 0 Å².